The molecule has 0 N–H and O–H groups in total. The average molecular weight is 160 g/mol. The summed E-state index contributed by atoms with van der Waals surface area (Å²) in [7, 11) is 1.70. The third-order valence-electron chi connectivity index (χ3n) is 1.58. The Bertz CT molecular complexity index is 125. The predicted molar refractivity (Wildman–Crippen MR) is 42.4 cm³/mol. The molecule has 1 unspecified atom stereocenters. The average Bonchev–Trinajstić information content (AvgIpc) is 2.31. The molecule has 0 amide bonds. The molecule has 1 aliphatic heterocycles. The fourth-order valence-corrected chi connectivity index (χ4v) is 2.12. The van der Waals surface area contributed by atoms with Crippen LogP contribution >= 0.6 is 11.8 Å². The number of methoxy groups -OCH3 is 1. The van der Waals surface area contributed by atoms with Gasteiger partial charge in [0.2, 0.25) is 0 Å². The van der Waals surface area contributed by atoms with Crippen molar-refractivity contribution in [1.29, 1.82) is 0 Å². The maximum atomic E-state index is 10.8. The van der Waals surface area contributed by atoms with Crippen LogP contribution in [0.3, 0.4) is 0 Å². The Balaban J connectivity index is 2.12. The van der Waals surface area contributed by atoms with Crippen molar-refractivity contribution in [2.45, 2.75) is 18.1 Å². The molecule has 0 aromatic heterocycles. The molecule has 0 spiro atoms. The van der Waals surface area contributed by atoms with Gasteiger partial charge in [-0.25, -0.2) is 0 Å². The van der Waals surface area contributed by atoms with Gasteiger partial charge in [0, 0.05) is 25.4 Å². The summed E-state index contributed by atoms with van der Waals surface area (Å²) in [5.41, 5.74) is 0. The van der Waals surface area contributed by atoms with Crippen molar-refractivity contribution in [2.75, 3.05) is 19.5 Å². The number of ketones is 1. The van der Waals surface area contributed by atoms with Gasteiger partial charge in [-0.2, -0.15) is 11.8 Å². The molecule has 1 fully saturated rings. The van der Waals surface area contributed by atoms with Gasteiger partial charge in [-0.1, -0.05) is 0 Å². The Morgan fingerprint density at radius 3 is 3.10 bits per heavy atom. The highest BCUT2D eigenvalue weighted by Crippen LogP contribution is 2.25. The number of hydrogen-bond donors (Lipinski definition) is 0. The molecule has 10 heavy (non-hydrogen) atoms. The number of Topliss-reactive ketones (excluding diaryl/α,β-unsaturated/α-hetero) is 1. The van der Waals surface area contributed by atoms with E-state index in [4.69, 9.17) is 4.74 Å². The Morgan fingerprint density at radius 1 is 1.80 bits per heavy atom. The van der Waals surface area contributed by atoms with Crippen LogP contribution in [0.25, 0.3) is 0 Å². The van der Waals surface area contributed by atoms with E-state index in [0.717, 1.165) is 19.4 Å². The second kappa shape index (κ2) is 3.98. The maximum Gasteiger partial charge on any atom is 0.143 e. The van der Waals surface area contributed by atoms with Crippen LogP contribution in [0.2, 0.25) is 0 Å². The highest BCUT2D eigenvalue weighted by Gasteiger charge is 2.21. The first kappa shape index (κ1) is 8.08. The summed E-state index contributed by atoms with van der Waals surface area (Å²) in [6.45, 7) is 0.783. The first-order valence-corrected chi connectivity index (χ1v) is 4.50. The highest BCUT2D eigenvalue weighted by molar-refractivity contribution is 8.01. The molecular weight excluding hydrogens is 148 g/mol. The van der Waals surface area contributed by atoms with Crippen LogP contribution in [0.5, 0.6) is 0 Å². The third-order valence-corrected chi connectivity index (χ3v) is 2.94. The fraction of sp³-hybridized carbons (Fsp3) is 0.857. The van der Waals surface area contributed by atoms with Crippen LogP contribution in [0.15, 0.2) is 0 Å². The summed E-state index contributed by atoms with van der Waals surface area (Å²) in [6, 6.07) is 0. The van der Waals surface area contributed by atoms with E-state index in [1.54, 1.807) is 18.9 Å². The minimum absolute atomic E-state index is 0.395. The molecule has 3 heteroatoms. The number of hydrogen-bond acceptors (Lipinski definition) is 3. The first-order chi connectivity index (χ1) is 4.83. The Kier molecular flexibility index (Phi) is 3.22. The molecule has 0 aromatic carbocycles. The van der Waals surface area contributed by atoms with Gasteiger partial charge in [-0.05, 0) is 6.42 Å². The van der Waals surface area contributed by atoms with E-state index in [0.29, 0.717) is 16.8 Å². The number of carbonyl (C=O) groups is 1. The standard InChI is InChI=1S/C7H12O2S/c1-9-3-2-7-4-6(8)5-10-7/h7H,2-5H2,1H3. The highest BCUT2D eigenvalue weighted by atomic mass is 32.2. The van der Waals surface area contributed by atoms with Gasteiger partial charge in [-0.15, -0.1) is 0 Å². The lowest BCUT2D eigenvalue weighted by molar-refractivity contribution is -0.116. The lowest BCUT2D eigenvalue weighted by atomic mass is 10.2. The van der Waals surface area contributed by atoms with Crippen molar-refractivity contribution in [1.82, 2.24) is 0 Å². The summed E-state index contributed by atoms with van der Waals surface area (Å²) < 4.78 is 4.91. The zero-order chi connectivity index (χ0) is 7.40. The van der Waals surface area contributed by atoms with Gasteiger partial charge in [0.1, 0.15) is 5.78 Å². The normalized spacial score (nSPS) is 25.7. The Hall–Kier alpha value is -0.0200. The van der Waals surface area contributed by atoms with Crippen molar-refractivity contribution in [3.63, 3.8) is 0 Å². The summed E-state index contributed by atoms with van der Waals surface area (Å²) >= 11 is 1.76. The number of thioether (sulfide) groups is 1. The molecule has 1 atom stereocenters. The Labute approximate surface area is 65.3 Å². The van der Waals surface area contributed by atoms with Gasteiger partial charge in [0.15, 0.2) is 0 Å². The molecular formula is C7H12O2S. The molecule has 0 bridgehead atoms. The van der Waals surface area contributed by atoms with Crippen LogP contribution in [0, 0.1) is 0 Å². The quantitative estimate of drug-likeness (QED) is 0.618. The van der Waals surface area contributed by atoms with Crippen LogP contribution in [-0.4, -0.2) is 30.5 Å². The SMILES string of the molecule is COCCC1CC(=O)CS1. The molecule has 0 radical (unpaired) electrons. The monoisotopic (exact) mass is 160 g/mol. The van der Waals surface area contributed by atoms with Gasteiger partial charge in [-0.3, -0.25) is 4.79 Å². The van der Waals surface area contributed by atoms with E-state index in [9.17, 15) is 4.79 Å². The summed E-state index contributed by atoms with van der Waals surface area (Å²) in [6.07, 6.45) is 1.78. The Morgan fingerprint density at radius 2 is 2.60 bits per heavy atom. The number of rotatable bonds is 3. The molecule has 1 rings (SSSR count). The minimum Gasteiger partial charge on any atom is -0.385 e. The molecule has 58 valence electrons. The molecule has 1 aliphatic rings. The smallest absolute Gasteiger partial charge is 0.143 e. The van der Waals surface area contributed by atoms with Crippen molar-refractivity contribution in [2.24, 2.45) is 0 Å². The number of ether oxygens (including phenoxy) is 1. The lowest BCUT2D eigenvalue weighted by Crippen LogP contribution is -2.03. The summed E-state index contributed by atoms with van der Waals surface area (Å²) in [5, 5.41) is 0.535. The molecule has 0 saturated carbocycles. The number of carbonyl (C=O) groups excluding carboxylic acids is 1. The predicted octanol–water partition coefficient (Wildman–Crippen LogP) is 1.10. The van der Waals surface area contributed by atoms with Gasteiger partial charge in [0.05, 0.1) is 5.75 Å². The lowest BCUT2D eigenvalue weighted by Gasteiger charge is -2.04. The van der Waals surface area contributed by atoms with E-state index in [-0.39, 0.29) is 0 Å². The largest absolute Gasteiger partial charge is 0.385 e. The molecule has 0 aliphatic carbocycles. The maximum absolute atomic E-state index is 10.8. The van der Waals surface area contributed by atoms with Crippen LogP contribution in [0.1, 0.15) is 12.8 Å². The summed E-state index contributed by atoms with van der Waals surface area (Å²) in [5.74, 6) is 1.11. The van der Waals surface area contributed by atoms with E-state index in [1.165, 1.54) is 0 Å². The van der Waals surface area contributed by atoms with Crippen molar-refractivity contribution in [3.8, 4) is 0 Å². The van der Waals surface area contributed by atoms with Gasteiger partial charge in [0.25, 0.3) is 0 Å². The van der Waals surface area contributed by atoms with Gasteiger partial charge < -0.3 is 4.74 Å². The molecule has 2 nitrogen and oxygen atoms in total. The zero-order valence-electron chi connectivity index (χ0n) is 6.13. The second-order valence-electron chi connectivity index (χ2n) is 2.46. The van der Waals surface area contributed by atoms with Crippen molar-refractivity contribution < 1.29 is 9.53 Å². The molecule has 0 aromatic rings. The first-order valence-electron chi connectivity index (χ1n) is 3.45. The topological polar surface area (TPSA) is 26.3 Å². The van der Waals surface area contributed by atoms with Crippen LogP contribution < -0.4 is 0 Å². The second-order valence-corrected chi connectivity index (χ2v) is 3.75. The summed E-state index contributed by atoms with van der Waals surface area (Å²) in [4.78, 5) is 10.8. The van der Waals surface area contributed by atoms with Gasteiger partial charge >= 0.3 is 0 Å². The third kappa shape index (κ3) is 2.31. The zero-order valence-corrected chi connectivity index (χ0v) is 6.95. The van der Waals surface area contributed by atoms with E-state index >= 15 is 0 Å². The van der Waals surface area contributed by atoms with E-state index in [2.05, 4.69) is 0 Å². The van der Waals surface area contributed by atoms with E-state index < -0.39 is 0 Å². The van der Waals surface area contributed by atoms with E-state index in [1.807, 2.05) is 0 Å². The van der Waals surface area contributed by atoms with Crippen LogP contribution in [-0.2, 0) is 9.53 Å². The van der Waals surface area contributed by atoms with Crippen molar-refractivity contribution in [3.05, 3.63) is 0 Å². The molecule has 1 heterocycles. The molecule has 1 saturated heterocycles. The van der Waals surface area contributed by atoms with Crippen LogP contribution in [0.4, 0.5) is 0 Å². The fourth-order valence-electron chi connectivity index (χ4n) is 1.02. The van der Waals surface area contributed by atoms with Crippen molar-refractivity contribution >= 4 is 17.5 Å². The minimum atomic E-state index is 0.395.